The lowest BCUT2D eigenvalue weighted by atomic mass is 9.84. The number of aryl methyl sites for hydroxylation is 2. The number of pyridine rings is 2. The Bertz CT molecular complexity index is 3700. The molecule has 89 heavy (non-hydrogen) atoms. The van der Waals surface area contributed by atoms with E-state index in [-0.39, 0.29) is 21.7 Å². The molecule has 4 atom stereocenters. The number of rotatable bonds is 28. The number of nitrogens with zero attached hydrogens (tertiary/aromatic N) is 8. The Morgan fingerprint density at radius 3 is 1.40 bits per heavy atom. The summed E-state index contributed by atoms with van der Waals surface area (Å²) in [7, 11) is -1.53. The van der Waals surface area contributed by atoms with Gasteiger partial charge in [0.15, 0.2) is 21.7 Å². The summed E-state index contributed by atoms with van der Waals surface area (Å²) in [6, 6.07) is 11.2. The lowest BCUT2D eigenvalue weighted by molar-refractivity contribution is -0.656. The number of amides is 4. The smallest absolute Gasteiger partial charge is 0.442 e. The van der Waals surface area contributed by atoms with Gasteiger partial charge < -0.3 is 62.1 Å². The molecule has 0 aliphatic carbocycles. The summed E-state index contributed by atoms with van der Waals surface area (Å²) >= 11 is 1.83. The molecule has 10 rings (SSSR count). The van der Waals surface area contributed by atoms with Gasteiger partial charge in [-0.15, -0.1) is 31.2 Å². The van der Waals surface area contributed by atoms with Crippen molar-refractivity contribution in [2.24, 2.45) is 36.2 Å². The van der Waals surface area contributed by atoms with Crippen LogP contribution in [0.1, 0.15) is 39.1 Å². The highest BCUT2D eigenvalue weighted by atomic mass is 32.3. The van der Waals surface area contributed by atoms with Crippen LogP contribution in [0.5, 0.6) is 11.5 Å². The Kier molecular flexibility index (Phi) is 18.0. The first kappa shape index (κ1) is 62.9. The second-order valence-corrected chi connectivity index (χ2v) is 25.2. The number of carbonyl (C=O) groups excluding carboxylic acids is 4. The van der Waals surface area contributed by atoms with E-state index in [0.29, 0.717) is 33.5 Å². The van der Waals surface area contributed by atoms with Gasteiger partial charge in [-0.2, -0.15) is 18.5 Å². The average Bonchev–Trinajstić information content (AvgIpc) is 1.83. The molecule has 4 aromatic heterocycles. The van der Waals surface area contributed by atoms with E-state index in [1.807, 2.05) is 59.9 Å². The van der Waals surface area contributed by atoms with E-state index < -0.39 is 106 Å². The Labute approximate surface area is 515 Å². The molecule has 8 heterocycles. The van der Waals surface area contributed by atoms with Gasteiger partial charge in [-0.3, -0.25) is 29.8 Å². The third kappa shape index (κ3) is 13.6. The normalized spacial score (nSPS) is 19.0. The van der Waals surface area contributed by atoms with Crippen molar-refractivity contribution in [2.45, 2.75) is 63.1 Å². The predicted octanol–water partition coefficient (Wildman–Crippen LogP) is -0.493. The molecule has 32 nitrogen and oxygen atoms in total. The molecule has 4 aliphatic rings. The Hall–Kier alpha value is -9.13. The standard InChI is InChI=1S/C54H62N16O16S3/c1-53(2)41(63-45(71)39(35-25-87-51(55)61-35)65-83-37(49(75)76)23-81-31-7-9-33-29(15-31)11-13-67(5)43(33)59-21-27-17-57-18-27)47(73)69(53)85-89(79,80)86-70-48(74)42(54(70,3)4)64-46(72)40(36-26-88-52(56)62-36)66-84-38(50(77)78)24-82-32-8-10-34-30(16-32)12-14-68(6)44(34)60-22-28-19-58-20-28/h7-16,25-28,37-38,41-42,57-58H,17-24H2,1-6H3,(H8,55,56,61,62,63,64,71,72,75,76,77,78)/p+2/b65-39-,66-40-/t37-,38-,41+,42+/m0/s1. The van der Waals surface area contributed by atoms with Crippen LogP contribution in [0.3, 0.4) is 0 Å². The first-order valence-electron chi connectivity index (χ1n) is 27.6. The number of hydroxylamine groups is 4. The second-order valence-electron chi connectivity index (χ2n) is 22.3. The van der Waals surface area contributed by atoms with Crippen LogP contribution in [-0.2, 0) is 71.5 Å². The maximum atomic E-state index is 13.9. The van der Waals surface area contributed by atoms with E-state index in [9.17, 15) is 47.4 Å². The van der Waals surface area contributed by atoms with Gasteiger partial charge in [0.2, 0.25) is 0 Å². The second kappa shape index (κ2) is 25.5. The molecule has 35 heteroatoms. The zero-order valence-electron chi connectivity index (χ0n) is 48.6. The first-order chi connectivity index (χ1) is 42.3. The van der Waals surface area contributed by atoms with Crippen LogP contribution >= 0.6 is 22.7 Å². The van der Waals surface area contributed by atoms with Gasteiger partial charge in [-0.05, 0) is 87.0 Å². The summed E-state index contributed by atoms with van der Waals surface area (Å²) in [5, 5.41) is 53.0. The number of thiazole rings is 2. The fraction of sp³-hybridized carbons (Fsp3) is 0.407. The van der Waals surface area contributed by atoms with E-state index in [4.69, 9.17) is 39.2 Å². The monoisotopic (exact) mass is 1290 g/mol. The lowest BCUT2D eigenvalue weighted by Crippen LogP contribution is -2.78. The van der Waals surface area contributed by atoms with Crippen molar-refractivity contribution >= 4 is 124 Å². The highest BCUT2D eigenvalue weighted by Gasteiger charge is 2.61. The third-order valence-corrected chi connectivity index (χ3v) is 17.2. The quantitative estimate of drug-likeness (QED) is 0.0128. The van der Waals surface area contributed by atoms with Crippen LogP contribution in [0.2, 0.25) is 0 Å². The molecule has 472 valence electrons. The number of ether oxygens (including phenoxy) is 2. The zero-order valence-corrected chi connectivity index (χ0v) is 51.1. The molecule has 2 aromatic carbocycles. The third-order valence-electron chi connectivity index (χ3n) is 15.2. The van der Waals surface area contributed by atoms with Crippen molar-refractivity contribution in [2.75, 3.05) is 74.6 Å². The number of nitrogen functional groups attached to an aromatic ring is 2. The van der Waals surface area contributed by atoms with Crippen LogP contribution < -0.4 is 62.0 Å². The topological polar surface area (TPSA) is 421 Å². The van der Waals surface area contributed by atoms with E-state index in [0.717, 1.165) is 95.1 Å². The number of nitrogens with two attached hydrogens (primary N) is 2. The van der Waals surface area contributed by atoms with Crippen molar-refractivity contribution in [3.05, 3.63) is 83.1 Å². The molecule has 0 spiro atoms. The average molecular weight is 1290 g/mol. The highest BCUT2D eigenvalue weighted by Crippen LogP contribution is 2.37. The SMILES string of the molecule is C[n+]1ccc2cc(OC[C@H](O/N=C(\C(=O)N[C@@H]3C(=O)N(OS(=O)(=O)ON4C(=O)[C@@H](NC(=O)/C(=N\O[C@@H](COc5ccc6c(NCC7CNC7)[n+](C)ccc6c5)C(=O)O)c5csc(N)n5)C4(C)C)C3(C)C)c3csc(N)n3)C(=O)O)ccc2c1NCC1CNC1. The minimum absolute atomic E-state index is 0.00524. The number of carboxylic acid groups (broad SMARTS) is 2. The maximum Gasteiger partial charge on any atom is 0.442 e. The van der Waals surface area contributed by atoms with Crippen molar-refractivity contribution in [1.29, 1.82) is 0 Å². The Morgan fingerprint density at radius 2 is 1.08 bits per heavy atom. The number of aliphatic carboxylic acids is 2. The molecular formula is C54H64N16O16S3+2. The van der Waals surface area contributed by atoms with Gasteiger partial charge in [-0.25, -0.2) is 28.7 Å². The van der Waals surface area contributed by atoms with Crippen molar-refractivity contribution in [3.8, 4) is 11.5 Å². The van der Waals surface area contributed by atoms with Gasteiger partial charge >= 0.3 is 22.3 Å². The molecule has 4 aliphatic heterocycles. The molecular weight excluding hydrogens is 1220 g/mol. The molecule has 6 aromatic rings. The van der Waals surface area contributed by atoms with Crippen molar-refractivity contribution < 1.29 is 84.2 Å². The van der Waals surface area contributed by atoms with Crippen molar-refractivity contribution in [3.63, 3.8) is 0 Å². The van der Waals surface area contributed by atoms with Crippen LogP contribution in [-0.4, -0.2) is 174 Å². The molecule has 12 N–H and O–H groups in total. The number of nitrogens with one attached hydrogen (secondary N) is 6. The minimum atomic E-state index is -5.36. The molecule has 4 fully saturated rings. The van der Waals surface area contributed by atoms with Gasteiger partial charge in [0.1, 0.15) is 48.2 Å². The number of anilines is 4. The van der Waals surface area contributed by atoms with Gasteiger partial charge in [0.25, 0.3) is 47.5 Å². The van der Waals surface area contributed by atoms with Crippen LogP contribution in [0.4, 0.5) is 21.9 Å². The van der Waals surface area contributed by atoms with Crippen molar-refractivity contribution in [1.82, 2.24) is 41.4 Å². The molecule has 4 amide bonds. The van der Waals surface area contributed by atoms with Crippen LogP contribution in [0, 0.1) is 11.8 Å². The number of aromatic nitrogens is 4. The number of carbonyl (C=O) groups is 6. The van der Waals surface area contributed by atoms with Gasteiger partial charge in [0.05, 0.1) is 61.4 Å². The summed E-state index contributed by atoms with van der Waals surface area (Å²) < 4.78 is 52.6. The molecule has 0 saturated carbocycles. The maximum absolute atomic E-state index is 13.9. The van der Waals surface area contributed by atoms with Gasteiger partial charge in [-0.1, -0.05) is 10.3 Å². The fourth-order valence-electron chi connectivity index (χ4n) is 9.71. The largest absolute Gasteiger partial charge is 0.489 e. The zero-order chi connectivity index (χ0) is 63.7. The number of β-lactam (4-membered cyclic amide) rings is 2. The Balaban J connectivity index is 0.744. The van der Waals surface area contributed by atoms with E-state index >= 15 is 0 Å². The minimum Gasteiger partial charge on any atom is -0.489 e. The number of benzene rings is 2. The Morgan fingerprint density at radius 1 is 0.685 bits per heavy atom. The summed E-state index contributed by atoms with van der Waals surface area (Å²) in [5.74, 6) is -4.07. The first-order valence-corrected chi connectivity index (χ1v) is 30.7. The van der Waals surface area contributed by atoms with E-state index in [1.54, 1.807) is 24.3 Å². The number of fused-ring (bicyclic) bond motifs is 2. The number of oxime groups is 2. The molecule has 0 unspecified atom stereocenters. The summed E-state index contributed by atoms with van der Waals surface area (Å²) in [6.07, 6.45) is 0.209. The number of carboxylic acids is 2. The van der Waals surface area contributed by atoms with Crippen LogP contribution in [0.15, 0.2) is 82.0 Å². The van der Waals surface area contributed by atoms with Gasteiger partial charge in [0, 0.05) is 48.8 Å². The summed E-state index contributed by atoms with van der Waals surface area (Å²) in [4.78, 5) is 98.9. The number of hydrogen-bond acceptors (Lipinski definition) is 26. The molecule has 4 saturated heterocycles. The predicted molar refractivity (Wildman–Crippen MR) is 319 cm³/mol. The summed E-state index contributed by atoms with van der Waals surface area (Å²) in [5.41, 5.74) is 6.83. The fourth-order valence-corrected chi connectivity index (χ4v) is 11.7. The van der Waals surface area contributed by atoms with E-state index in [2.05, 4.69) is 52.2 Å². The number of hydrogen-bond donors (Lipinski definition) is 10. The lowest BCUT2D eigenvalue weighted by Gasteiger charge is -2.52. The van der Waals surface area contributed by atoms with Crippen LogP contribution in [0.25, 0.3) is 21.5 Å². The van der Waals surface area contributed by atoms with E-state index in [1.165, 1.54) is 38.5 Å². The summed E-state index contributed by atoms with van der Waals surface area (Å²) in [6.45, 7) is 9.40. The highest BCUT2D eigenvalue weighted by molar-refractivity contribution is 7.81. The molecule has 0 bridgehead atoms. The molecule has 0 radical (unpaired) electrons.